The number of nitrogens with zero attached hydrogens (tertiary/aromatic N) is 1. The molecule has 23 heavy (non-hydrogen) atoms. The maximum Gasteiger partial charge on any atom is 0.238 e. The van der Waals surface area contributed by atoms with Gasteiger partial charge in [-0.3, -0.25) is 9.69 Å². The summed E-state index contributed by atoms with van der Waals surface area (Å²) in [5, 5.41) is 3.57. The molecule has 4 nitrogen and oxygen atoms in total. The SMILES string of the molecule is Cc1cccc(NC(=O)CN(C)CCOc2ccc(Cl)cc2)c1. The van der Waals surface area contributed by atoms with Crippen molar-refractivity contribution in [2.24, 2.45) is 0 Å². The summed E-state index contributed by atoms with van der Waals surface area (Å²) in [4.78, 5) is 13.9. The molecule has 2 aromatic carbocycles. The highest BCUT2D eigenvalue weighted by atomic mass is 35.5. The topological polar surface area (TPSA) is 41.6 Å². The van der Waals surface area contributed by atoms with Gasteiger partial charge in [0.15, 0.2) is 0 Å². The van der Waals surface area contributed by atoms with Crippen molar-refractivity contribution in [2.75, 3.05) is 32.1 Å². The number of carbonyl (C=O) groups excluding carboxylic acids is 1. The Morgan fingerprint density at radius 2 is 1.96 bits per heavy atom. The highest BCUT2D eigenvalue weighted by Gasteiger charge is 2.07. The lowest BCUT2D eigenvalue weighted by Crippen LogP contribution is -2.33. The maximum atomic E-state index is 12.0. The highest BCUT2D eigenvalue weighted by molar-refractivity contribution is 6.30. The van der Waals surface area contributed by atoms with E-state index in [4.69, 9.17) is 16.3 Å². The number of halogens is 1. The summed E-state index contributed by atoms with van der Waals surface area (Å²) in [6.45, 7) is 3.48. The monoisotopic (exact) mass is 332 g/mol. The van der Waals surface area contributed by atoms with E-state index in [0.717, 1.165) is 17.0 Å². The highest BCUT2D eigenvalue weighted by Crippen LogP contribution is 2.15. The van der Waals surface area contributed by atoms with Gasteiger partial charge in [0.2, 0.25) is 5.91 Å². The second-order valence-corrected chi connectivity index (χ2v) is 5.89. The molecule has 0 aliphatic heterocycles. The van der Waals surface area contributed by atoms with Crippen LogP contribution in [0, 0.1) is 6.92 Å². The number of nitrogens with one attached hydrogen (secondary N) is 1. The molecule has 0 fully saturated rings. The van der Waals surface area contributed by atoms with E-state index >= 15 is 0 Å². The fourth-order valence-electron chi connectivity index (χ4n) is 2.10. The minimum absolute atomic E-state index is 0.0374. The molecule has 5 heteroatoms. The Kier molecular flexibility index (Phi) is 6.44. The Morgan fingerprint density at radius 3 is 2.65 bits per heavy atom. The molecule has 0 saturated carbocycles. The van der Waals surface area contributed by atoms with Gasteiger partial charge in [-0.15, -0.1) is 0 Å². The fraction of sp³-hybridized carbons (Fsp3) is 0.278. The van der Waals surface area contributed by atoms with Crippen LogP contribution in [-0.2, 0) is 4.79 Å². The van der Waals surface area contributed by atoms with Crippen molar-refractivity contribution in [3.63, 3.8) is 0 Å². The van der Waals surface area contributed by atoms with Gasteiger partial charge in [0.05, 0.1) is 6.54 Å². The van der Waals surface area contributed by atoms with E-state index in [2.05, 4.69) is 5.32 Å². The third kappa shape index (κ3) is 6.30. The summed E-state index contributed by atoms with van der Waals surface area (Å²) in [7, 11) is 1.89. The Hall–Kier alpha value is -2.04. The molecule has 0 atom stereocenters. The molecular weight excluding hydrogens is 312 g/mol. The van der Waals surface area contributed by atoms with Crippen LogP contribution in [-0.4, -0.2) is 37.6 Å². The minimum atomic E-state index is -0.0374. The van der Waals surface area contributed by atoms with Crippen LogP contribution in [0.3, 0.4) is 0 Å². The third-order valence-corrected chi connectivity index (χ3v) is 3.52. The van der Waals surface area contributed by atoms with Crippen molar-refractivity contribution < 1.29 is 9.53 Å². The molecule has 0 aliphatic rings. The van der Waals surface area contributed by atoms with E-state index < -0.39 is 0 Å². The number of rotatable bonds is 7. The van der Waals surface area contributed by atoms with Crippen molar-refractivity contribution >= 4 is 23.2 Å². The summed E-state index contributed by atoms with van der Waals surface area (Å²) in [5.41, 5.74) is 1.94. The van der Waals surface area contributed by atoms with Crippen LogP contribution in [0.2, 0.25) is 5.02 Å². The van der Waals surface area contributed by atoms with Gasteiger partial charge in [-0.1, -0.05) is 23.7 Å². The molecular formula is C18H21ClN2O2. The van der Waals surface area contributed by atoms with E-state index in [9.17, 15) is 4.79 Å². The van der Waals surface area contributed by atoms with Gasteiger partial charge in [0, 0.05) is 17.3 Å². The van der Waals surface area contributed by atoms with Crippen LogP contribution < -0.4 is 10.1 Å². The quantitative estimate of drug-likeness (QED) is 0.842. The molecule has 1 amide bonds. The molecule has 0 heterocycles. The summed E-state index contributed by atoms with van der Waals surface area (Å²) >= 11 is 5.82. The van der Waals surface area contributed by atoms with Gasteiger partial charge in [0.1, 0.15) is 12.4 Å². The van der Waals surface area contributed by atoms with Crippen molar-refractivity contribution in [2.45, 2.75) is 6.92 Å². The molecule has 0 aliphatic carbocycles. The molecule has 0 bridgehead atoms. The first-order chi connectivity index (χ1) is 11.0. The lowest BCUT2D eigenvalue weighted by atomic mass is 10.2. The number of hydrogen-bond acceptors (Lipinski definition) is 3. The van der Waals surface area contributed by atoms with Crippen molar-refractivity contribution in [1.29, 1.82) is 0 Å². The lowest BCUT2D eigenvalue weighted by molar-refractivity contribution is -0.117. The molecule has 0 saturated heterocycles. The normalized spacial score (nSPS) is 10.6. The van der Waals surface area contributed by atoms with E-state index in [1.165, 1.54) is 0 Å². The Labute approximate surface area is 142 Å². The molecule has 0 spiro atoms. The molecule has 2 aromatic rings. The van der Waals surface area contributed by atoms with Gasteiger partial charge >= 0.3 is 0 Å². The molecule has 2 rings (SSSR count). The summed E-state index contributed by atoms with van der Waals surface area (Å²) < 4.78 is 5.62. The number of hydrogen-bond donors (Lipinski definition) is 1. The molecule has 0 unspecified atom stereocenters. The van der Waals surface area contributed by atoms with Gasteiger partial charge in [-0.25, -0.2) is 0 Å². The average molecular weight is 333 g/mol. The van der Waals surface area contributed by atoms with Crippen LogP contribution in [0.4, 0.5) is 5.69 Å². The van der Waals surface area contributed by atoms with Crippen molar-refractivity contribution in [3.05, 3.63) is 59.1 Å². The molecule has 122 valence electrons. The van der Waals surface area contributed by atoms with Gasteiger partial charge in [-0.05, 0) is 55.9 Å². The lowest BCUT2D eigenvalue weighted by Gasteiger charge is -2.16. The van der Waals surface area contributed by atoms with Gasteiger partial charge in [0.25, 0.3) is 0 Å². The smallest absolute Gasteiger partial charge is 0.238 e. The average Bonchev–Trinajstić information content (AvgIpc) is 2.49. The molecule has 0 radical (unpaired) electrons. The number of anilines is 1. The zero-order chi connectivity index (χ0) is 16.7. The van der Waals surface area contributed by atoms with E-state index in [1.807, 2.05) is 55.3 Å². The Bertz CT molecular complexity index is 644. The summed E-state index contributed by atoms with van der Waals surface area (Å²) in [6.07, 6.45) is 0. The number of ether oxygens (including phenoxy) is 1. The second kappa shape index (κ2) is 8.56. The predicted molar refractivity (Wildman–Crippen MR) is 94.3 cm³/mol. The summed E-state index contributed by atoms with van der Waals surface area (Å²) in [6, 6.07) is 15.0. The van der Waals surface area contributed by atoms with Crippen molar-refractivity contribution in [1.82, 2.24) is 4.90 Å². The van der Waals surface area contributed by atoms with Crippen LogP contribution in [0.25, 0.3) is 0 Å². The Balaban J connectivity index is 1.70. The van der Waals surface area contributed by atoms with Gasteiger partial charge < -0.3 is 10.1 Å². The molecule has 0 aromatic heterocycles. The van der Waals surface area contributed by atoms with Gasteiger partial charge in [-0.2, -0.15) is 0 Å². The van der Waals surface area contributed by atoms with Crippen molar-refractivity contribution in [3.8, 4) is 5.75 Å². The van der Waals surface area contributed by atoms with Crippen LogP contribution in [0.15, 0.2) is 48.5 Å². The number of aryl methyl sites for hydroxylation is 1. The van der Waals surface area contributed by atoms with Crippen LogP contribution in [0.1, 0.15) is 5.56 Å². The fourth-order valence-corrected chi connectivity index (χ4v) is 2.22. The first-order valence-corrected chi connectivity index (χ1v) is 7.84. The summed E-state index contributed by atoms with van der Waals surface area (Å²) in [5.74, 6) is 0.733. The van der Waals surface area contributed by atoms with E-state index in [-0.39, 0.29) is 5.91 Å². The van der Waals surface area contributed by atoms with Crippen LogP contribution in [0.5, 0.6) is 5.75 Å². The third-order valence-electron chi connectivity index (χ3n) is 3.27. The maximum absolute atomic E-state index is 12.0. The van der Waals surface area contributed by atoms with E-state index in [0.29, 0.717) is 24.7 Å². The minimum Gasteiger partial charge on any atom is -0.492 e. The Morgan fingerprint density at radius 1 is 1.22 bits per heavy atom. The first kappa shape index (κ1) is 17.3. The van der Waals surface area contributed by atoms with E-state index in [1.54, 1.807) is 12.1 Å². The second-order valence-electron chi connectivity index (χ2n) is 5.46. The standard InChI is InChI=1S/C18H21ClN2O2/c1-14-4-3-5-16(12-14)20-18(22)13-21(2)10-11-23-17-8-6-15(19)7-9-17/h3-9,12H,10-11,13H2,1-2H3,(H,20,22). The number of benzene rings is 2. The molecule has 1 N–H and O–H groups in total. The zero-order valence-corrected chi connectivity index (χ0v) is 14.1. The largest absolute Gasteiger partial charge is 0.492 e. The van der Waals surface area contributed by atoms with Crippen LogP contribution >= 0.6 is 11.6 Å². The first-order valence-electron chi connectivity index (χ1n) is 7.46. The number of amides is 1. The zero-order valence-electron chi connectivity index (χ0n) is 13.4. The number of likely N-dealkylation sites (N-methyl/N-ethyl adjacent to an activating group) is 1. The predicted octanol–water partition coefficient (Wildman–Crippen LogP) is 3.60. The number of carbonyl (C=O) groups is 1.